The van der Waals surface area contributed by atoms with Crippen LogP contribution >= 0.6 is 11.8 Å². The highest BCUT2D eigenvalue weighted by atomic mass is 32.2. The number of carbonyl (C=O) groups excluding carboxylic acids is 1. The third-order valence-corrected chi connectivity index (χ3v) is 4.78. The van der Waals surface area contributed by atoms with Crippen LogP contribution < -0.4 is 24.3 Å². The van der Waals surface area contributed by atoms with Crippen LogP contribution in [0.25, 0.3) is 0 Å². The Labute approximate surface area is 157 Å². The molecule has 0 aliphatic heterocycles. The van der Waals surface area contributed by atoms with E-state index in [1.54, 1.807) is 46.6 Å². The van der Waals surface area contributed by atoms with Crippen LogP contribution in [0.2, 0.25) is 0 Å². The van der Waals surface area contributed by atoms with Crippen molar-refractivity contribution in [3.8, 4) is 23.0 Å². The topological polar surface area (TPSA) is 66.0 Å². The van der Waals surface area contributed by atoms with E-state index in [4.69, 9.17) is 18.9 Å². The molecule has 0 heterocycles. The van der Waals surface area contributed by atoms with E-state index in [1.165, 1.54) is 11.8 Å². The molecule has 2 aromatic rings. The van der Waals surface area contributed by atoms with E-state index in [-0.39, 0.29) is 11.2 Å². The van der Waals surface area contributed by atoms with Gasteiger partial charge in [0.15, 0.2) is 23.0 Å². The maximum Gasteiger partial charge on any atom is 0.237 e. The lowest BCUT2D eigenvalue weighted by Crippen LogP contribution is -2.22. The van der Waals surface area contributed by atoms with E-state index < -0.39 is 0 Å². The molecule has 7 heteroatoms. The normalized spacial score (nSPS) is 11.4. The summed E-state index contributed by atoms with van der Waals surface area (Å²) in [6.07, 6.45) is 0. The monoisotopic (exact) mass is 377 g/mol. The number of ether oxygens (including phenoxy) is 4. The number of hydrogen-bond donors (Lipinski definition) is 1. The first-order valence-electron chi connectivity index (χ1n) is 7.94. The Morgan fingerprint density at radius 3 is 1.96 bits per heavy atom. The molecule has 1 N–H and O–H groups in total. The molecule has 0 unspecified atom stereocenters. The van der Waals surface area contributed by atoms with E-state index in [1.807, 2.05) is 25.1 Å². The zero-order valence-electron chi connectivity index (χ0n) is 15.5. The Balaban J connectivity index is 2.06. The number of methoxy groups -OCH3 is 4. The lowest BCUT2D eigenvalue weighted by atomic mass is 10.2. The Hall–Kier alpha value is -2.54. The highest BCUT2D eigenvalue weighted by Crippen LogP contribution is 2.34. The first-order chi connectivity index (χ1) is 12.5. The van der Waals surface area contributed by atoms with E-state index in [2.05, 4.69) is 5.32 Å². The summed E-state index contributed by atoms with van der Waals surface area (Å²) in [5, 5.41) is 2.58. The molecule has 0 aliphatic carbocycles. The van der Waals surface area contributed by atoms with Gasteiger partial charge in [-0.1, -0.05) is 0 Å². The zero-order valence-corrected chi connectivity index (χ0v) is 16.3. The summed E-state index contributed by atoms with van der Waals surface area (Å²) in [4.78, 5) is 13.4. The third kappa shape index (κ3) is 4.76. The van der Waals surface area contributed by atoms with Crippen molar-refractivity contribution < 1.29 is 23.7 Å². The summed E-state index contributed by atoms with van der Waals surface area (Å²) in [5.41, 5.74) is 0.646. The smallest absolute Gasteiger partial charge is 0.237 e. The summed E-state index contributed by atoms with van der Waals surface area (Å²) in [6.45, 7) is 1.84. The molecule has 140 valence electrons. The number of benzene rings is 2. The second-order valence-corrected chi connectivity index (χ2v) is 6.75. The minimum absolute atomic E-state index is 0.114. The molecule has 0 fully saturated rings. The first-order valence-corrected chi connectivity index (χ1v) is 8.82. The molecule has 26 heavy (non-hydrogen) atoms. The lowest BCUT2D eigenvalue weighted by molar-refractivity contribution is -0.115. The van der Waals surface area contributed by atoms with Crippen LogP contribution in [0.1, 0.15) is 6.92 Å². The van der Waals surface area contributed by atoms with Crippen LogP contribution in [-0.4, -0.2) is 39.6 Å². The minimum Gasteiger partial charge on any atom is -0.493 e. The van der Waals surface area contributed by atoms with Crippen LogP contribution in [0.3, 0.4) is 0 Å². The summed E-state index contributed by atoms with van der Waals surface area (Å²) < 4.78 is 21.0. The van der Waals surface area contributed by atoms with Crippen LogP contribution in [0, 0.1) is 0 Å². The Bertz CT molecular complexity index is 766. The summed E-state index contributed by atoms with van der Waals surface area (Å²) in [6, 6.07) is 10.8. The predicted octanol–water partition coefficient (Wildman–Crippen LogP) is 3.84. The molecule has 0 spiro atoms. The van der Waals surface area contributed by atoms with Gasteiger partial charge in [0.25, 0.3) is 0 Å². The molecule has 1 atom stereocenters. The number of thioether (sulfide) groups is 1. The fraction of sp³-hybridized carbons (Fsp3) is 0.316. The molecule has 2 rings (SSSR count). The van der Waals surface area contributed by atoms with Crippen LogP contribution in [0.5, 0.6) is 23.0 Å². The Morgan fingerprint density at radius 1 is 0.846 bits per heavy atom. The van der Waals surface area contributed by atoms with Crippen molar-refractivity contribution in [3.63, 3.8) is 0 Å². The molecule has 0 saturated heterocycles. The fourth-order valence-corrected chi connectivity index (χ4v) is 3.20. The van der Waals surface area contributed by atoms with Gasteiger partial charge in [-0.25, -0.2) is 0 Å². The highest BCUT2D eigenvalue weighted by molar-refractivity contribution is 8.00. The van der Waals surface area contributed by atoms with E-state index in [0.717, 1.165) is 4.90 Å². The number of anilines is 1. The number of amides is 1. The zero-order chi connectivity index (χ0) is 19.1. The van der Waals surface area contributed by atoms with Gasteiger partial charge < -0.3 is 24.3 Å². The second-order valence-electron chi connectivity index (χ2n) is 5.34. The Morgan fingerprint density at radius 2 is 1.38 bits per heavy atom. The van der Waals surface area contributed by atoms with Crippen LogP contribution in [0.15, 0.2) is 41.3 Å². The van der Waals surface area contributed by atoms with E-state index in [9.17, 15) is 4.79 Å². The van der Waals surface area contributed by atoms with Gasteiger partial charge in [-0.05, 0) is 37.3 Å². The lowest BCUT2D eigenvalue weighted by Gasteiger charge is -2.15. The van der Waals surface area contributed by atoms with Gasteiger partial charge in [0.2, 0.25) is 5.91 Å². The molecule has 2 aromatic carbocycles. The third-order valence-electron chi connectivity index (χ3n) is 3.69. The highest BCUT2D eigenvalue weighted by Gasteiger charge is 2.17. The Kier molecular flexibility index (Phi) is 7.03. The minimum atomic E-state index is -0.304. The molecule has 0 saturated carbocycles. The van der Waals surface area contributed by atoms with Crippen molar-refractivity contribution in [2.24, 2.45) is 0 Å². The molecule has 0 aromatic heterocycles. The predicted molar refractivity (Wildman–Crippen MR) is 103 cm³/mol. The van der Waals surface area contributed by atoms with Crippen molar-refractivity contribution in [2.45, 2.75) is 17.1 Å². The molecule has 0 radical (unpaired) electrons. The van der Waals surface area contributed by atoms with Crippen LogP contribution in [0.4, 0.5) is 5.69 Å². The molecular weight excluding hydrogens is 354 g/mol. The van der Waals surface area contributed by atoms with Gasteiger partial charge in [-0.2, -0.15) is 0 Å². The largest absolute Gasteiger partial charge is 0.493 e. The van der Waals surface area contributed by atoms with E-state index in [0.29, 0.717) is 28.7 Å². The van der Waals surface area contributed by atoms with Gasteiger partial charge >= 0.3 is 0 Å². The van der Waals surface area contributed by atoms with E-state index >= 15 is 0 Å². The SMILES string of the molecule is COc1ccc(NC(=O)[C@@H](C)Sc2ccc(OC)c(OC)c2)cc1OC. The average molecular weight is 377 g/mol. The fourth-order valence-electron chi connectivity index (χ4n) is 2.31. The van der Waals surface area contributed by atoms with Crippen LogP contribution in [-0.2, 0) is 4.79 Å². The quantitative estimate of drug-likeness (QED) is 0.705. The number of hydrogen-bond acceptors (Lipinski definition) is 6. The van der Waals surface area contributed by atoms with Crippen molar-refractivity contribution in [2.75, 3.05) is 33.8 Å². The average Bonchev–Trinajstić information content (AvgIpc) is 2.67. The maximum absolute atomic E-state index is 12.5. The summed E-state index contributed by atoms with van der Waals surface area (Å²) in [5.74, 6) is 2.34. The van der Waals surface area contributed by atoms with Gasteiger partial charge in [0.1, 0.15) is 0 Å². The number of nitrogens with one attached hydrogen (secondary N) is 1. The van der Waals surface area contributed by atoms with Gasteiger partial charge in [-0.3, -0.25) is 4.79 Å². The van der Waals surface area contributed by atoms with Crippen molar-refractivity contribution >= 4 is 23.4 Å². The van der Waals surface area contributed by atoms with Gasteiger partial charge in [-0.15, -0.1) is 11.8 Å². The first kappa shape index (κ1) is 19.8. The summed E-state index contributed by atoms with van der Waals surface area (Å²) >= 11 is 1.43. The number of carbonyl (C=O) groups is 1. The molecule has 0 bridgehead atoms. The molecule has 6 nitrogen and oxygen atoms in total. The molecule has 1 amide bonds. The molecule has 0 aliphatic rings. The maximum atomic E-state index is 12.5. The van der Waals surface area contributed by atoms with Gasteiger partial charge in [0, 0.05) is 16.6 Å². The van der Waals surface area contributed by atoms with Crippen molar-refractivity contribution in [3.05, 3.63) is 36.4 Å². The number of rotatable bonds is 8. The second kappa shape index (κ2) is 9.24. The van der Waals surface area contributed by atoms with Crippen molar-refractivity contribution in [1.29, 1.82) is 0 Å². The molecular formula is C19H23NO5S. The van der Waals surface area contributed by atoms with Gasteiger partial charge in [0.05, 0.1) is 33.7 Å². The summed E-state index contributed by atoms with van der Waals surface area (Å²) in [7, 11) is 6.29. The van der Waals surface area contributed by atoms with Crippen molar-refractivity contribution in [1.82, 2.24) is 0 Å². The standard InChI is InChI=1S/C19H23NO5S/c1-12(26-14-7-9-16(23-3)18(11-14)25-5)19(21)20-13-6-8-15(22-2)17(10-13)24-4/h6-12H,1-5H3,(H,20,21)/t12-/m1/s1.